The first-order valence-electron chi connectivity index (χ1n) is 5.47. The van der Waals surface area contributed by atoms with Gasteiger partial charge in [0.2, 0.25) is 0 Å². The lowest BCUT2D eigenvalue weighted by molar-refractivity contribution is 0.0689. The molecule has 0 aliphatic rings. The van der Waals surface area contributed by atoms with Crippen molar-refractivity contribution >= 4 is 11.6 Å². The van der Waals surface area contributed by atoms with Gasteiger partial charge in [-0.3, -0.25) is 4.40 Å². The monoisotopic (exact) mass is 242 g/mol. The zero-order valence-electron chi connectivity index (χ0n) is 9.41. The molecule has 3 aromatic heterocycles. The van der Waals surface area contributed by atoms with Gasteiger partial charge in [-0.05, 0) is 24.3 Å². The quantitative estimate of drug-likeness (QED) is 0.764. The summed E-state index contributed by atoms with van der Waals surface area (Å²) in [6.45, 7) is 0. The molecule has 5 heteroatoms. The molecule has 5 nitrogen and oxygen atoms in total. The smallest absolute Gasteiger partial charge is 0.352 e. The third kappa shape index (κ3) is 1.75. The van der Waals surface area contributed by atoms with Crippen molar-refractivity contribution in [1.29, 1.82) is 0 Å². The number of furan rings is 1. The minimum absolute atomic E-state index is 0.200. The van der Waals surface area contributed by atoms with Crippen LogP contribution in [0.15, 0.2) is 47.2 Å². The van der Waals surface area contributed by atoms with Crippen molar-refractivity contribution in [2.75, 3.05) is 0 Å². The van der Waals surface area contributed by atoms with Gasteiger partial charge in [-0.25, -0.2) is 9.78 Å². The number of hydrogen-bond donors (Lipinski definition) is 1. The number of aromatic nitrogens is 2. The Morgan fingerprint density at radius 2 is 2.22 bits per heavy atom. The molecule has 3 aromatic rings. The molecule has 0 unspecified atom stereocenters. The molecule has 0 aliphatic carbocycles. The number of rotatable bonds is 3. The van der Waals surface area contributed by atoms with Crippen LogP contribution in [0.1, 0.15) is 21.9 Å². The van der Waals surface area contributed by atoms with Crippen LogP contribution in [0, 0.1) is 0 Å². The number of carboxylic acids is 1. The fourth-order valence-corrected chi connectivity index (χ4v) is 1.91. The molecular weight excluding hydrogens is 232 g/mol. The summed E-state index contributed by atoms with van der Waals surface area (Å²) in [7, 11) is 0. The first-order chi connectivity index (χ1) is 8.74. The molecule has 1 N–H and O–H groups in total. The van der Waals surface area contributed by atoms with E-state index in [9.17, 15) is 4.79 Å². The molecule has 90 valence electrons. The number of aromatic carboxylic acids is 1. The van der Waals surface area contributed by atoms with Crippen molar-refractivity contribution in [3.63, 3.8) is 0 Å². The van der Waals surface area contributed by atoms with Gasteiger partial charge in [-0.1, -0.05) is 6.07 Å². The molecule has 3 rings (SSSR count). The lowest BCUT2D eigenvalue weighted by Crippen LogP contribution is -2.03. The van der Waals surface area contributed by atoms with Crippen LogP contribution in [-0.4, -0.2) is 20.5 Å². The predicted octanol–water partition coefficient (Wildman–Crippen LogP) is 2.22. The molecule has 3 heterocycles. The number of carbonyl (C=O) groups is 1. The van der Waals surface area contributed by atoms with Gasteiger partial charge in [0, 0.05) is 12.6 Å². The first kappa shape index (κ1) is 10.6. The van der Waals surface area contributed by atoms with E-state index in [4.69, 9.17) is 9.52 Å². The summed E-state index contributed by atoms with van der Waals surface area (Å²) >= 11 is 0. The summed E-state index contributed by atoms with van der Waals surface area (Å²) < 4.78 is 6.82. The van der Waals surface area contributed by atoms with Gasteiger partial charge in [-0.2, -0.15) is 0 Å². The third-order valence-corrected chi connectivity index (χ3v) is 2.70. The van der Waals surface area contributed by atoms with Gasteiger partial charge in [0.1, 0.15) is 17.1 Å². The zero-order chi connectivity index (χ0) is 12.5. The number of pyridine rings is 1. The van der Waals surface area contributed by atoms with Crippen LogP contribution < -0.4 is 0 Å². The van der Waals surface area contributed by atoms with Gasteiger partial charge in [0.25, 0.3) is 0 Å². The molecule has 0 aliphatic heterocycles. The summed E-state index contributed by atoms with van der Waals surface area (Å²) in [5.41, 5.74) is 1.60. The van der Waals surface area contributed by atoms with E-state index in [2.05, 4.69) is 4.98 Å². The SMILES string of the molecule is O=C(O)c1cccc2nc(Cc3ccco3)cn12. The summed E-state index contributed by atoms with van der Waals surface area (Å²) in [6.07, 6.45) is 3.88. The average molecular weight is 242 g/mol. The van der Waals surface area contributed by atoms with E-state index >= 15 is 0 Å². The fourth-order valence-electron chi connectivity index (χ4n) is 1.91. The summed E-state index contributed by atoms with van der Waals surface area (Å²) in [5.74, 6) is -0.169. The van der Waals surface area contributed by atoms with Crippen molar-refractivity contribution in [2.45, 2.75) is 6.42 Å². The molecule has 0 amide bonds. The van der Waals surface area contributed by atoms with Crippen LogP contribution in [-0.2, 0) is 6.42 Å². The van der Waals surface area contributed by atoms with E-state index in [0.717, 1.165) is 11.5 Å². The van der Waals surface area contributed by atoms with Crippen LogP contribution in [0.4, 0.5) is 0 Å². The van der Waals surface area contributed by atoms with Crippen molar-refractivity contribution < 1.29 is 14.3 Å². The molecule has 0 fully saturated rings. The Hall–Kier alpha value is -2.56. The maximum atomic E-state index is 11.1. The molecule has 0 atom stereocenters. The van der Waals surface area contributed by atoms with Crippen LogP contribution in [0.25, 0.3) is 5.65 Å². The van der Waals surface area contributed by atoms with Crippen LogP contribution in [0.5, 0.6) is 0 Å². The largest absolute Gasteiger partial charge is 0.477 e. The normalized spacial score (nSPS) is 10.9. The highest BCUT2D eigenvalue weighted by Gasteiger charge is 2.11. The second kappa shape index (κ2) is 4.03. The van der Waals surface area contributed by atoms with Crippen molar-refractivity contribution in [2.24, 2.45) is 0 Å². The molecule has 0 saturated heterocycles. The topological polar surface area (TPSA) is 67.7 Å². The molecule has 0 radical (unpaired) electrons. The molecule has 0 spiro atoms. The first-order valence-corrected chi connectivity index (χ1v) is 5.47. The van der Waals surface area contributed by atoms with E-state index in [1.807, 2.05) is 12.1 Å². The summed E-state index contributed by atoms with van der Waals surface area (Å²) in [5, 5.41) is 9.08. The van der Waals surface area contributed by atoms with E-state index in [1.165, 1.54) is 0 Å². The van der Waals surface area contributed by atoms with Gasteiger partial charge in [0.15, 0.2) is 0 Å². The van der Waals surface area contributed by atoms with E-state index in [0.29, 0.717) is 12.1 Å². The Morgan fingerprint density at radius 1 is 1.33 bits per heavy atom. The highest BCUT2D eigenvalue weighted by atomic mass is 16.4. The third-order valence-electron chi connectivity index (χ3n) is 2.70. The number of nitrogens with zero attached hydrogens (tertiary/aromatic N) is 2. The van der Waals surface area contributed by atoms with Gasteiger partial charge in [0.05, 0.1) is 12.0 Å². The number of fused-ring (bicyclic) bond motifs is 1. The standard InChI is InChI=1S/C13H10N2O3/c16-13(17)11-4-1-5-12-14-9(8-15(11)12)7-10-3-2-6-18-10/h1-6,8H,7H2,(H,16,17). The van der Waals surface area contributed by atoms with Crippen LogP contribution in [0.2, 0.25) is 0 Å². The highest BCUT2D eigenvalue weighted by Crippen LogP contribution is 2.13. The zero-order valence-corrected chi connectivity index (χ0v) is 9.41. The van der Waals surface area contributed by atoms with Gasteiger partial charge >= 0.3 is 5.97 Å². The number of imidazole rings is 1. The Bertz CT molecular complexity index is 698. The maximum Gasteiger partial charge on any atom is 0.352 e. The molecule has 0 aromatic carbocycles. The lowest BCUT2D eigenvalue weighted by Gasteiger charge is -1.97. The minimum Gasteiger partial charge on any atom is -0.477 e. The average Bonchev–Trinajstić information content (AvgIpc) is 2.96. The Balaban J connectivity index is 2.05. The van der Waals surface area contributed by atoms with Gasteiger partial charge in [-0.15, -0.1) is 0 Å². The number of hydrogen-bond acceptors (Lipinski definition) is 3. The number of carboxylic acid groups (broad SMARTS) is 1. The van der Waals surface area contributed by atoms with E-state index in [1.54, 1.807) is 35.1 Å². The van der Waals surface area contributed by atoms with Crippen molar-refractivity contribution in [3.8, 4) is 0 Å². The maximum absolute atomic E-state index is 11.1. The molecule has 0 saturated carbocycles. The molecule has 0 bridgehead atoms. The molecular formula is C13H10N2O3. The predicted molar refractivity (Wildman–Crippen MR) is 63.7 cm³/mol. The lowest BCUT2D eigenvalue weighted by atomic mass is 10.3. The van der Waals surface area contributed by atoms with Crippen molar-refractivity contribution in [1.82, 2.24) is 9.38 Å². The second-order valence-corrected chi connectivity index (χ2v) is 3.93. The van der Waals surface area contributed by atoms with Crippen LogP contribution in [0.3, 0.4) is 0 Å². The minimum atomic E-state index is -0.970. The Morgan fingerprint density at radius 3 is 2.94 bits per heavy atom. The second-order valence-electron chi connectivity index (χ2n) is 3.93. The summed E-state index contributed by atoms with van der Waals surface area (Å²) in [6, 6.07) is 8.68. The van der Waals surface area contributed by atoms with Crippen molar-refractivity contribution in [3.05, 3.63) is 59.9 Å². The van der Waals surface area contributed by atoms with E-state index in [-0.39, 0.29) is 5.69 Å². The summed E-state index contributed by atoms with van der Waals surface area (Å²) in [4.78, 5) is 15.4. The van der Waals surface area contributed by atoms with Gasteiger partial charge < -0.3 is 9.52 Å². The molecule has 18 heavy (non-hydrogen) atoms. The Kier molecular flexibility index (Phi) is 2.37. The highest BCUT2D eigenvalue weighted by molar-refractivity contribution is 5.86. The fraction of sp³-hybridized carbons (Fsp3) is 0.0769. The van der Waals surface area contributed by atoms with Crippen LogP contribution >= 0.6 is 0 Å². The Labute approximate surface area is 102 Å². The van der Waals surface area contributed by atoms with E-state index < -0.39 is 5.97 Å².